The maximum atomic E-state index is 5.17. The Kier molecular flexibility index (Phi) is 5.20. The Morgan fingerprint density at radius 3 is 2.38 bits per heavy atom. The Morgan fingerprint density at radius 1 is 0.718 bits per heavy atom. The summed E-state index contributed by atoms with van der Waals surface area (Å²) in [5.74, 6) is 0.933. The number of thioether (sulfide) groups is 1. The zero-order valence-corrected chi connectivity index (χ0v) is 22.1. The number of hydrogen-bond donors (Lipinski definition) is 0. The molecule has 3 nitrogen and oxygen atoms in total. The van der Waals surface area contributed by atoms with Crippen molar-refractivity contribution in [2.24, 2.45) is 0 Å². The van der Waals surface area contributed by atoms with Crippen LogP contribution in [0, 0.1) is 0 Å². The first-order chi connectivity index (χ1) is 19.3. The van der Waals surface area contributed by atoms with Crippen molar-refractivity contribution >= 4 is 45.3 Å². The second-order valence-electron chi connectivity index (χ2n) is 10.1. The number of nitrogens with zero attached hydrogens (tertiary/aromatic N) is 3. The Balaban J connectivity index is 1.26. The van der Waals surface area contributed by atoms with E-state index in [1.54, 1.807) is 0 Å². The first kappa shape index (κ1) is 22.4. The molecule has 1 aliphatic heterocycles. The topological polar surface area (TPSA) is 20.5 Å². The highest BCUT2D eigenvalue weighted by Crippen LogP contribution is 2.50. The van der Waals surface area contributed by atoms with Gasteiger partial charge in [-0.2, -0.15) is 0 Å². The summed E-state index contributed by atoms with van der Waals surface area (Å²) in [6, 6.07) is 43.2. The van der Waals surface area contributed by atoms with E-state index in [1.807, 2.05) is 11.8 Å². The third-order valence-corrected chi connectivity index (χ3v) is 9.05. The van der Waals surface area contributed by atoms with Crippen molar-refractivity contribution in [2.45, 2.75) is 16.6 Å². The number of para-hydroxylation sites is 1. The molecular formula is C35H25N3S. The van der Waals surface area contributed by atoms with Gasteiger partial charge in [0.2, 0.25) is 0 Å². The van der Waals surface area contributed by atoms with Crippen LogP contribution in [-0.2, 0) is 0 Å². The third kappa shape index (κ3) is 3.79. The van der Waals surface area contributed by atoms with E-state index in [4.69, 9.17) is 5.10 Å². The molecule has 0 N–H and O–H groups in total. The monoisotopic (exact) mass is 519 g/mol. The largest absolute Gasteiger partial charge is 0.297 e. The van der Waals surface area contributed by atoms with Crippen molar-refractivity contribution in [1.82, 2.24) is 9.61 Å². The summed E-state index contributed by atoms with van der Waals surface area (Å²) in [5.41, 5.74) is 9.81. The standard InChI is InChI=1S/C35H25N3S/c1-2-8-24(9-3-1)25-14-17-27(18-15-25)37(28-20-21-31-30-11-5-7-13-33(30)39-34(31)22-28)35-23-29-19-16-26-10-4-6-12-32(26)38(29)36-35/h1-21,23,34H,22H2. The number of hydrogen-bond acceptors (Lipinski definition) is 3. The van der Waals surface area contributed by atoms with Crippen molar-refractivity contribution < 1.29 is 0 Å². The van der Waals surface area contributed by atoms with Crippen molar-refractivity contribution in [3.8, 4) is 11.1 Å². The first-order valence-corrected chi connectivity index (χ1v) is 14.2. The number of aromatic nitrogens is 2. The van der Waals surface area contributed by atoms with Gasteiger partial charge in [0.15, 0.2) is 5.82 Å². The van der Waals surface area contributed by atoms with Crippen LogP contribution in [-0.4, -0.2) is 14.9 Å². The summed E-state index contributed by atoms with van der Waals surface area (Å²) >= 11 is 1.98. The molecule has 0 radical (unpaired) electrons. The molecule has 0 saturated heterocycles. The minimum absolute atomic E-state index is 0.409. The van der Waals surface area contributed by atoms with Gasteiger partial charge in [0.1, 0.15) is 0 Å². The van der Waals surface area contributed by atoms with Crippen LogP contribution in [0.4, 0.5) is 11.5 Å². The average Bonchev–Trinajstić information content (AvgIpc) is 3.59. The van der Waals surface area contributed by atoms with E-state index in [0.29, 0.717) is 5.25 Å². The zero-order chi connectivity index (χ0) is 25.8. The highest BCUT2D eigenvalue weighted by Gasteiger charge is 2.32. The molecule has 4 heteroatoms. The fourth-order valence-electron chi connectivity index (χ4n) is 5.84. The van der Waals surface area contributed by atoms with Crippen LogP contribution in [0.2, 0.25) is 0 Å². The Morgan fingerprint density at radius 2 is 1.49 bits per heavy atom. The van der Waals surface area contributed by atoms with Crippen LogP contribution in [0.3, 0.4) is 0 Å². The summed E-state index contributed by atoms with van der Waals surface area (Å²) in [4.78, 5) is 3.72. The number of anilines is 2. The van der Waals surface area contributed by atoms with Gasteiger partial charge >= 0.3 is 0 Å². The summed E-state index contributed by atoms with van der Waals surface area (Å²) in [6.07, 6.45) is 5.56. The SMILES string of the molecule is C1=C2c3ccccc3SC2CC(N(c2ccc(-c3ccccc3)cc2)c2cc3ccc4ccccc4n3n2)=C1. The first-order valence-electron chi connectivity index (χ1n) is 13.3. The van der Waals surface area contributed by atoms with Gasteiger partial charge < -0.3 is 0 Å². The molecule has 0 saturated carbocycles. The minimum Gasteiger partial charge on any atom is -0.297 e. The summed E-state index contributed by atoms with van der Waals surface area (Å²) < 4.78 is 2.07. The predicted molar refractivity (Wildman–Crippen MR) is 163 cm³/mol. The average molecular weight is 520 g/mol. The fraction of sp³-hybridized carbons (Fsp3) is 0.0571. The van der Waals surface area contributed by atoms with Crippen molar-refractivity contribution in [3.63, 3.8) is 0 Å². The molecule has 39 heavy (non-hydrogen) atoms. The van der Waals surface area contributed by atoms with Crippen LogP contribution in [0.5, 0.6) is 0 Å². The molecule has 3 heterocycles. The molecule has 1 aliphatic carbocycles. The highest BCUT2D eigenvalue weighted by atomic mass is 32.2. The minimum atomic E-state index is 0.409. The van der Waals surface area contributed by atoms with Gasteiger partial charge in [-0.1, -0.05) is 91.0 Å². The van der Waals surface area contributed by atoms with Crippen LogP contribution in [0.15, 0.2) is 144 Å². The molecule has 8 rings (SSSR count). The maximum Gasteiger partial charge on any atom is 0.160 e. The number of pyridine rings is 1. The van der Waals surface area contributed by atoms with Crippen molar-refractivity contribution in [1.29, 1.82) is 0 Å². The van der Waals surface area contributed by atoms with Gasteiger partial charge in [-0.15, -0.1) is 16.9 Å². The lowest BCUT2D eigenvalue weighted by molar-refractivity contribution is 0.915. The van der Waals surface area contributed by atoms with Crippen LogP contribution in [0.25, 0.3) is 33.1 Å². The van der Waals surface area contributed by atoms with Crippen LogP contribution < -0.4 is 4.90 Å². The fourth-order valence-corrected chi connectivity index (χ4v) is 7.20. The van der Waals surface area contributed by atoms with Gasteiger partial charge in [-0.05, 0) is 58.7 Å². The van der Waals surface area contributed by atoms with E-state index in [-0.39, 0.29) is 0 Å². The number of allylic oxidation sites excluding steroid dienone is 3. The normalized spacial score (nSPS) is 16.1. The second-order valence-corrected chi connectivity index (χ2v) is 11.3. The van der Waals surface area contributed by atoms with Gasteiger partial charge in [-0.25, -0.2) is 4.52 Å². The van der Waals surface area contributed by atoms with E-state index < -0.39 is 0 Å². The van der Waals surface area contributed by atoms with E-state index in [0.717, 1.165) is 29.0 Å². The maximum absolute atomic E-state index is 5.17. The molecule has 186 valence electrons. The smallest absolute Gasteiger partial charge is 0.160 e. The van der Waals surface area contributed by atoms with Crippen molar-refractivity contribution in [2.75, 3.05) is 4.90 Å². The number of rotatable bonds is 4. The summed E-state index contributed by atoms with van der Waals surface area (Å²) in [6.45, 7) is 0. The van der Waals surface area contributed by atoms with E-state index >= 15 is 0 Å². The molecule has 1 atom stereocenters. The lowest BCUT2D eigenvalue weighted by Gasteiger charge is -2.29. The van der Waals surface area contributed by atoms with Gasteiger partial charge in [0, 0.05) is 39.4 Å². The number of benzene rings is 4. The molecule has 0 spiro atoms. The third-order valence-electron chi connectivity index (χ3n) is 7.74. The molecule has 0 amide bonds. The molecule has 4 aromatic carbocycles. The van der Waals surface area contributed by atoms with E-state index in [9.17, 15) is 0 Å². The quantitative estimate of drug-likeness (QED) is 0.232. The lowest BCUT2D eigenvalue weighted by Crippen LogP contribution is -2.21. The molecular weight excluding hydrogens is 494 g/mol. The molecule has 2 aromatic heterocycles. The molecule has 6 aromatic rings. The number of fused-ring (bicyclic) bond motifs is 6. The van der Waals surface area contributed by atoms with Gasteiger partial charge in [0.25, 0.3) is 0 Å². The summed E-state index contributed by atoms with van der Waals surface area (Å²) in [7, 11) is 0. The highest BCUT2D eigenvalue weighted by molar-refractivity contribution is 8.00. The van der Waals surface area contributed by atoms with Gasteiger partial charge in [-0.3, -0.25) is 4.90 Å². The summed E-state index contributed by atoms with van der Waals surface area (Å²) in [5, 5.41) is 6.76. The van der Waals surface area contributed by atoms with Crippen LogP contribution in [0.1, 0.15) is 12.0 Å². The van der Waals surface area contributed by atoms with Gasteiger partial charge in [0.05, 0.1) is 11.0 Å². The lowest BCUT2D eigenvalue weighted by atomic mass is 9.95. The molecule has 2 aliphatic rings. The van der Waals surface area contributed by atoms with E-state index in [1.165, 1.54) is 38.2 Å². The predicted octanol–water partition coefficient (Wildman–Crippen LogP) is 9.14. The molecule has 0 fully saturated rings. The Bertz CT molecular complexity index is 1920. The van der Waals surface area contributed by atoms with E-state index in [2.05, 4.69) is 143 Å². The molecule has 1 unspecified atom stereocenters. The Hall–Kier alpha value is -4.54. The second kappa shape index (κ2) is 9.04. The Labute approximate surface area is 231 Å². The molecule has 0 bridgehead atoms. The zero-order valence-electron chi connectivity index (χ0n) is 21.2. The van der Waals surface area contributed by atoms with Crippen LogP contribution >= 0.6 is 11.8 Å². The van der Waals surface area contributed by atoms with Crippen molar-refractivity contribution in [3.05, 3.63) is 145 Å².